The number of aryl methyl sites for hydroxylation is 1. The van der Waals surface area contributed by atoms with Crippen LogP contribution in [0.4, 0.5) is 0 Å². The van der Waals surface area contributed by atoms with Crippen LogP contribution in [0.1, 0.15) is 71.4 Å². The van der Waals surface area contributed by atoms with E-state index in [4.69, 9.17) is 13.9 Å². The number of rotatable bonds is 9. The molecule has 6 nitrogen and oxygen atoms in total. The third kappa shape index (κ3) is 4.94. The van der Waals surface area contributed by atoms with Crippen LogP contribution in [0.3, 0.4) is 0 Å². The Morgan fingerprint density at radius 3 is 2.00 bits per heavy atom. The number of benzene rings is 1. The van der Waals surface area contributed by atoms with E-state index in [2.05, 4.69) is 6.92 Å². The molecule has 1 aromatic carbocycles. The minimum absolute atomic E-state index is 0.0939. The molecule has 0 aliphatic heterocycles. The maximum atomic E-state index is 13.2. The summed E-state index contributed by atoms with van der Waals surface area (Å²) in [7, 11) is 2.53. The Bertz CT molecular complexity index is 891. The van der Waals surface area contributed by atoms with Gasteiger partial charge in [-0.15, -0.1) is 0 Å². The molecule has 1 aromatic heterocycles. The van der Waals surface area contributed by atoms with Crippen LogP contribution in [0.5, 0.6) is 0 Å². The van der Waals surface area contributed by atoms with Crippen molar-refractivity contribution < 1.29 is 23.5 Å². The van der Waals surface area contributed by atoms with E-state index in [0.717, 1.165) is 25.7 Å². The van der Waals surface area contributed by atoms with E-state index in [-0.39, 0.29) is 27.9 Å². The molecule has 0 atom stereocenters. The van der Waals surface area contributed by atoms with Gasteiger partial charge in [-0.25, -0.2) is 9.59 Å². The molecule has 0 N–H and O–H groups in total. The van der Waals surface area contributed by atoms with E-state index in [1.54, 1.807) is 18.2 Å². The average molecular weight is 400 g/mol. The Kier molecular flexibility index (Phi) is 8.19. The fourth-order valence-corrected chi connectivity index (χ4v) is 3.24. The zero-order valence-electron chi connectivity index (χ0n) is 17.5. The van der Waals surface area contributed by atoms with Gasteiger partial charge >= 0.3 is 11.9 Å². The molecule has 0 aliphatic rings. The van der Waals surface area contributed by atoms with E-state index in [1.807, 2.05) is 6.92 Å². The third-order valence-electron chi connectivity index (χ3n) is 4.84. The third-order valence-corrected chi connectivity index (χ3v) is 4.84. The van der Waals surface area contributed by atoms with Crippen molar-refractivity contribution in [3.05, 3.63) is 56.9 Å². The second kappa shape index (κ2) is 10.6. The number of methoxy groups -OCH3 is 2. The van der Waals surface area contributed by atoms with Crippen molar-refractivity contribution in [2.75, 3.05) is 14.2 Å². The highest BCUT2D eigenvalue weighted by Crippen LogP contribution is 2.32. The SMILES string of the molecule is CCCCc1coc(-c2c(C(=O)OC)cccc2C(=O)OC)c(CCCC)c1=O. The number of hydrogen-bond acceptors (Lipinski definition) is 6. The van der Waals surface area contributed by atoms with Gasteiger partial charge in [0.2, 0.25) is 0 Å². The minimum Gasteiger partial charge on any atom is -0.465 e. The molecule has 0 radical (unpaired) electrons. The second-order valence-electron chi connectivity index (χ2n) is 6.82. The van der Waals surface area contributed by atoms with Crippen molar-refractivity contribution >= 4 is 11.9 Å². The van der Waals surface area contributed by atoms with Gasteiger partial charge in [-0.05, 0) is 37.8 Å². The van der Waals surface area contributed by atoms with E-state index in [9.17, 15) is 14.4 Å². The lowest BCUT2D eigenvalue weighted by molar-refractivity contribution is 0.0600. The Morgan fingerprint density at radius 2 is 1.48 bits per heavy atom. The molecule has 0 saturated carbocycles. The Morgan fingerprint density at radius 1 is 0.931 bits per heavy atom. The monoisotopic (exact) mass is 400 g/mol. The molecule has 0 saturated heterocycles. The lowest BCUT2D eigenvalue weighted by atomic mass is 9.93. The molecule has 0 aliphatic carbocycles. The normalized spacial score (nSPS) is 10.6. The lowest BCUT2D eigenvalue weighted by Crippen LogP contribution is -2.18. The van der Waals surface area contributed by atoms with Crippen LogP contribution in [-0.4, -0.2) is 26.2 Å². The predicted octanol–water partition coefficient (Wildman–Crippen LogP) is 4.57. The topological polar surface area (TPSA) is 82.8 Å². The number of carbonyl (C=O) groups excluding carboxylic acids is 2. The van der Waals surface area contributed by atoms with Crippen LogP contribution >= 0.6 is 0 Å². The number of unbranched alkanes of at least 4 members (excludes halogenated alkanes) is 2. The van der Waals surface area contributed by atoms with Crippen molar-refractivity contribution in [2.45, 2.75) is 52.4 Å². The Hall–Kier alpha value is -2.89. The van der Waals surface area contributed by atoms with Crippen LogP contribution in [0.25, 0.3) is 11.3 Å². The van der Waals surface area contributed by atoms with Crippen LogP contribution < -0.4 is 5.43 Å². The fourth-order valence-electron chi connectivity index (χ4n) is 3.24. The maximum absolute atomic E-state index is 13.2. The fraction of sp³-hybridized carbons (Fsp3) is 0.435. The van der Waals surface area contributed by atoms with Gasteiger partial charge in [-0.2, -0.15) is 0 Å². The van der Waals surface area contributed by atoms with Gasteiger partial charge in [0.05, 0.1) is 31.6 Å². The second-order valence-corrected chi connectivity index (χ2v) is 6.82. The average Bonchev–Trinajstić information content (AvgIpc) is 2.75. The van der Waals surface area contributed by atoms with E-state index < -0.39 is 11.9 Å². The quantitative estimate of drug-likeness (QED) is 0.574. The van der Waals surface area contributed by atoms with Gasteiger partial charge in [0.15, 0.2) is 5.43 Å². The molecule has 2 rings (SSSR count). The van der Waals surface area contributed by atoms with Crippen molar-refractivity contribution in [3.8, 4) is 11.3 Å². The highest BCUT2D eigenvalue weighted by molar-refractivity contribution is 6.05. The highest BCUT2D eigenvalue weighted by Gasteiger charge is 2.26. The molecule has 0 unspecified atom stereocenters. The number of hydrogen-bond donors (Lipinski definition) is 0. The molecule has 0 spiro atoms. The van der Waals surface area contributed by atoms with Crippen LogP contribution in [0, 0.1) is 0 Å². The summed E-state index contributed by atoms with van der Waals surface area (Å²) >= 11 is 0. The summed E-state index contributed by atoms with van der Waals surface area (Å²) < 4.78 is 15.7. The lowest BCUT2D eigenvalue weighted by Gasteiger charge is -2.15. The molecular formula is C23H28O6. The van der Waals surface area contributed by atoms with Crippen LogP contribution in [-0.2, 0) is 22.3 Å². The molecular weight excluding hydrogens is 372 g/mol. The van der Waals surface area contributed by atoms with Crippen LogP contribution in [0.2, 0.25) is 0 Å². The molecule has 0 bridgehead atoms. The summed E-state index contributed by atoms with van der Waals surface area (Å²) in [5.74, 6) is -1.01. The summed E-state index contributed by atoms with van der Waals surface area (Å²) in [4.78, 5) is 38.0. The Balaban J connectivity index is 2.81. The first-order valence-corrected chi connectivity index (χ1v) is 9.93. The maximum Gasteiger partial charge on any atom is 0.338 e. The van der Waals surface area contributed by atoms with E-state index in [1.165, 1.54) is 20.5 Å². The molecule has 0 amide bonds. The standard InChI is InChI=1S/C23H28O6/c1-5-7-10-15-14-29-21(18(20(15)24)11-8-6-2)19-16(22(25)27-3)12-9-13-17(19)23(26)28-4/h9,12-14H,5-8,10-11H2,1-4H3. The zero-order chi connectivity index (χ0) is 21.4. The minimum atomic E-state index is -0.620. The van der Waals surface area contributed by atoms with Crippen LogP contribution in [0.15, 0.2) is 33.7 Å². The van der Waals surface area contributed by atoms with Crippen molar-refractivity contribution in [3.63, 3.8) is 0 Å². The van der Waals surface area contributed by atoms with E-state index >= 15 is 0 Å². The number of ether oxygens (including phenoxy) is 2. The smallest absolute Gasteiger partial charge is 0.338 e. The van der Waals surface area contributed by atoms with Gasteiger partial charge in [0.25, 0.3) is 0 Å². The Labute approximate surface area is 170 Å². The first-order valence-electron chi connectivity index (χ1n) is 9.93. The van der Waals surface area contributed by atoms with Gasteiger partial charge in [-0.3, -0.25) is 4.79 Å². The van der Waals surface area contributed by atoms with E-state index in [0.29, 0.717) is 24.0 Å². The predicted molar refractivity (Wildman–Crippen MR) is 110 cm³/mol. The summed E-state index contributed by atoms with van der Waals surface area (Å²) in [5.41, 5.74) is 1.52. The summed E-state index contributed by atoms with van der Waals surface area (Å²) in [6.45, 7) is 4.09. The molecule has 156 valence electrons. The molecule has 29 heavy (non-hydrogen) atoms. The summed E-state index contributed by atoms with van der Waals surface area (Å²) in [6, 6.07) is 4.66. The van der Waals surface area contributed by atoms with Crippen molar-refractivity contribution in [2.24, 2.45) is 0 Å². The first kappa shape index (κ1) is 22.4. The van der Waals surface area contributed by atoms with Crippen molar-refractivity contribution in [1.29, 1.82) is 0 Å². The van der Waals surface area contributed by atoms with Crippen molar-refractivity contribution in [1.82, 2.24) is 0 Å². The zero-order valence-corrected chi connectivity index (χ0v) is 17.5. The molecule has 0 fully saturated rings. The highest BCUT2D eigenvalue weighted by atomic mass is 16.5. The molecule has 6 heteroatoms. The molecule has 1 heterocycles. The first-order chi connectivity index (χ1) is 14.0. The summed E-state index contributed by atoms with van der Waals surface area (Å²) in [6.07, 6.45) is 6.07. The molecule has 2 aromatic rings. The largest absolute Gasteiger partial charge is 0.465 e. The van der Waals surface area contributed by atoms with Gasteiger partial charge < -0.3 is 13.9 Å². The van der Waals surface area contributed by atoms with Gasteiger partial charge in [0.1, 0.15) is 5.76 Å². The van der Waals surface area contributed by atoms with Gasteiger partial charge in [0, 0.05) is 16.7 Å². The number of carbonyl (C=O) groups is 2. The van der Waals surface area contributed by atoms with Gasteiger partial charge in [-0.1, -0.05) is 32.8 Å². The summed E-state index contributed by atoms with van der Waals surface area (Å²) in [5, 5.41) is 0. The number of esters is 2.